The molecular formula is C28H28FN3O2S. The second kappa shape index (κ2) is 10.0. The van der Waals surface area contributed by atoms with Crippen LogP contribution in [0.5, 0.6) is 0 Å². The van der Waals surface area contributed by atoms with Gasteiger partial charge in [0, 0.05) is 19.6 Å². The van der Waals surface area contributed by atoms with Crippen molar-refractivity contribution in [2.45, 2.75) is 44.3 Å². The summed E-state index contributed by atoms with van der Waals surface area (Å²) in [5.41, 5.74) is 3.00. The molecule has 1 aliphatic rings. The van der Waals surface area contributed by atoms with E-state index in [1.54, 1.807) is 28.4 Å². The van der Waals surface area contributed by atoms with Crippen LogP contribution < -0.4 is 5.32 Å². The van der Waals surface area contributed by atoms with E-state index in [2.05, 4.69) is 5.32 Å². The smallest absolute Gasteiger partial charge is 0.271 e. The fraction of sp³-hybridized carbons (Fsp3) is 0.286. The number of thiophene rings is 1. The minimum atomic E-state index is -0.817. The zero-order valence-corrected chi connectivity index (χ0v) is 20.4. The van der Waals surface area contributed by atoms with Crippen LogP contribution in [0.1, 0.15) is 53.3 Å². The van der Waals surface area contributed by atoms with E-state index in [1.807, 2.05) is 59.5 Å². The zero-order chi connectivity index (χ0) is 24.4. The topological polar surface area (TPSA) is 54.3 Å². The summed E-state index contributed by atoms with van der Waals surface area (Å²) in [6, 6.07) is 18.7. The molecule has 2 amide bonds. The average Bonchev–Trinajstić information content (AvgIpc) is 3.60. The van der Waals surface area contributed by atoms with Crippen molar-refractivity contribution in [3.8, 4) is 0 Å². The Morgan fingerprint density at radius 2 is 1.80 bits per heavy atom. The van der Waals surface area contributed by atoms with Crippen LogP contribution in [0.15, 0.2) is 72.1 Å². The van der Waals surface area contributed by atoms with E-state index < -0.39 is 6.04 Å². The van der Waals surface area contributed by atoms with Crippen LogP contribution in [0.4, 0.5) is 4.39 Å². The number of aromatic nitrogens is 1. The summed E-state index contributed by atoms with van der Waals surface area (Å²) in [5.74, 6) is -0.766. The van der Waals surface area contributed by atoms with E-state index in [1.165, 1.54) is 12.1 Å². The average molecular weight is 490 g/mol. The number of hydrogen-bond donors (Lipinski definition) is 1. The van der Waals surface area contributed by atoms with Crippen molar-refractivity contribution >= 4 is 33.4 Å². The van der Waals surface area contributed by atoms with Gasteiger partial charge in [-0.2, -0.15) is 0 Å². The number of carbonyl (C=O) groups is 2. The lowest BCUT2D eigenvalue weighted by atomic mass is 10.0. The van der Waals surface area contributed by atoms with Gasteiger partial charge in [0.1, 0.15) is 17.6 Å². The molecule has 2 aromatic carbocycles. The van der Waals surface area contributed by atoms with Gasteiger partial charge in [0.15, 0.2) is 0 Å². The van der Waals surface area contributed by atoms with Crippen molar-refractivity contribution in [2.24, 2.45) is 7.05 Å². The first-order valence-electron chi connectivity index (χ1n) is 11.9. The maximum atomic E-state index is 14.1. The van der Waals surface area contributed by atoms with Crippen molar-refractivity contribution < 1.29 is 14.0 Å². The molecule has 1 saturated carbocycles. The van der Waals surface area contributed by atoms with Crippen LogP contribution in [-0.4, -0.2) is 27.3 Å². The van der Waals surface area contributed by atoms with Crippen LogP contribution in [-0.2, 0) is 18.4 Å². The normalized spacial score (nSPS) is 14.8. The Morgan fingerprint density at radius 3 is 2.49 bits per heavy atom. The first-order valence-corrected chi connectivity index (χ1v) is 12.8. The van der Waals surface area contributed by atoms with Crippen molar-refractivity contribution in [3.63, 3.8) is 0 Å². The van der Waals surface area contributed by atoms with Gasteiger partial charge in [0.25, 0.3) is 5.91 Å². The number of aryl methyl sites for hydroxylation is 1. The maximum Gasteiger partial charge on any atom is 0.271 e. The highest BCUT2D eigenvalue weighted by molar-refractivity contribution is 7.17. The molecule has 1 N–H and O–H groups in total. The summed E-state index contributed by atoms with van der Waals surface area (Å²) in [4.78, 5) is 29.5. The Labute approximate surface area is 208 Å². The molecule has 180 valence electrons. The van der Waals surface area contributed by atoms with Crippen molar-refractivity contribution in [2.75, 3.05) is 0 Å². The van der Waals surface area contributed by atoms with Crippen LogP contribution in [0.2, 0.25) is 0 Å². The van der Waals surface area contributed by atoms with Gasteiger partial charge < -0.3 is 14.8 Å². The molecule has 1 atom stereocenters. The Morgan fingerprint density at radius 1 is 1.09 bits per heavy atom. The molecule has 0 radical (unpaired) electrons. The van der Waals surface area contributed by atoms with Crippen LogP contribution >= 0.6 is 11.3 Å². The standard InChI is InChI=1S/C28H28FN3O2S/c1-31-23-15-16-35-25(23)17-24(31)28(34)32(18-19-11-13-21(29)14-12-19)26(20-7-3-2-4-8-20)27(33)30-22-9-5-6-10-22/h2-4,7-8,11-17,22,26H,5-6,9-10,18H2,1H3,(H,30,33)/t26-/m0/s1. The largest absolute Gasteiger partial charge is 0.351 e. The predicted molar refractivity (Wildman–Crippen MR) is 137 cm³/mol. The van der Waals surface area contributed by atoms with Gasteiger partial charge >= 0.3 is 0 Å². The summed E-state index contributed by atoms with van der Waals surface area (Å²) >= 11 is 1.58. The number of rotatable bonds is 7. The second-order valence-electron chi connectivity index (χ2n) is 9.12. The molecule has 35 heavy (non-hydrogen) atoms. The fourth-order valence-corrected chi connectivity index (χ4v) is 5.78. The predicted octanol–water partition coefficient (Wildman–Crippen LogP) is 5.82. The number of hydrogen-bond acceptors (Lipinski definition) is 3. The highest BCUT2D eigenvalue weighted by Crippen LogP contribution is 2.30. The number of nitrogens with one attached hydrogen (secondary N) is 1. The lowest BCUT2D eigenvalue weighted by Crippen LogP contribution is -2.46. The Hall–Kier alpha value is -3.45. The third-order valence-corrected chi connectivity index (χ3v) is 7.64. The van der Waals surface area contributed by atoms with E-state index in [-0.39, 0.29) is 30.2 Å². The van der Waals surface area contributed by atoms with Crippen molar-refractivity contribution in [1.29, 1.82) is 0 Å². The summed E-state index contributed by atoms with van der Waals surface area (Å²) < 4.78 is 16.5. The van der Waals surface area contributed by atoms with Gasteiger partial charge in [-0.1, -0.05) is 55.3 Å². The molecule has 5 rings (SSSR count). The van der Waals surface area contributed by atoms with Crippen molar-refractivity contribution in [3.05, 3.63) is 94.7 Å². The molecular weight excluding hydrogens is 461 g/mol. The quantitative estimate of drug-likeness (QED) is 0.356. The fourth-order valence-electron chi connectivity index (χ4n) is 4.93. The molecule has 0 spiro atoms. The molecule has 1 aliphatic carbocycles. The van der Waals surface area contributed by atoms with E-state index in [9.17, 15) is 14.0 Å². The van der Waals surface area contributed by atoms with E-state index in [0.29, 0.717) is 5.69 Å². The minimum Gasteiger partial charge on any atom is -0.351 e. The van der Waals surface area contributed by atoms with Crippen LogP contribution in [0.3, 0.4) is 0 Å². The van der Waals surface area contributed by atoms with Gasteiger partial charge in [-0.05, 0) is 53.6 Å². The Kier molecular flexibility index (Phi) is 6.68. The minimum absolute atomic E-state index is 0.122. The molecule has 5 nitrogen and oxygen atoms in total. The van der Waals surface area contributed by atoms with Gasteiger partial charge in [0.2, 0.25) is 5.91 Å². The van der Waals surface area contributed by atoms with Gasteiger partial charge in [-0.3, -0.25) is 9.59 Å². The Balaban J connectivity index is 1.57. The van der Waals surface area contributed by atoms with Crippen LogP contribution in [0, 0.1) is 5.82 Å². The van der Waals surface area contributed by atoms with Gasteiger partial charge in [-0.15, -0.1) is 11.3 Å². The first-order chi connectivity index (χ1) is 17.0. The molecule has 0 unspecified atom stereocenters. The highest BCUT2D eigenvalue weighted by atomic mass is 32.1. The third kappa shape index (κ3) is 4.86. The first kappa shape index (κ1) is 23.3. The number of amides is 2. The molecule has 1 fully saturated rings. The lowest BCUT2D eigenvalue weighted by molar-refractivity contribution is -0.126. The SMILES string of the molecule is Cn1c(C(=O)N(Cc2ccc(F)cc2)[C@H](C(=O)NC2CCCC2)c2ccccc2)cc2sccc21. The lowest BCUT2D eigenvalue weighted by Gasteiger charge is -2.32. The van der Waals surface area contributed by atoms with Gasteiger partial charge in [-0.25, -0.2) is 4.39 Å². The highest BCUT2D eigenvalue weighted by Gasteiger charge is 2.35. The summed E-state index contributed by atoms with van der Waals surface area (Å²) in [6.45, 7) is 0.176. The number of nitrogens with zero attached hydrogens (tertiary/aromatic N) is 2. The molecule has 4 aromatic rings. The molecule has 7 heteroatoms. The second-order valence-corrected chi connectivity index (χ2v) is 10.1. The monoisotopic (exact) mass is 489 g/mol. The van der Waals surface area contributed by atoms with E-state index >= 15 is 0 Å². The van der Waals surface area contributed by atoms with E-state index in [4.69, 9.17) is 0 Å². The van der Waals surface area contributed by atoms with Crippen molar-refractivity contribution in [1.82, 2.24) is 14.8 Å². The summed E-state index contributed by atoms with van der Waals surface area (Å²) in [6.07, 6.45) is 4.10. The van der Waals surface area contributed by atoms with Gasteiger partial charge in [0.05, 0.1) is 10.2 Å². The van der Waals surface area contributed by atoms with E-state index in [0.717, 1.165) is 47.0 Å². The number of carbonyl (C=O) groups excluding carboxylic acids is 2. The Bertz CT molecular complexity index is 1320. The number of benzene rings is 2. The molecule has 2 heterocycles. The molecule has 0 aliphatic heterocycles. The molecule has 0 bridgehead atoms. The van der Waals surface area contributed by atoms with Crippen LogP contribution in [0.25, 0.3) is 10.2 Å². The molecule has 0 saturated heterocycles. The number of halogens is 1. The number of fused-ring (bicyclic) bond motifs is 1. The summed E-state index contributed by atoms with van der Waals surface area (Å²) in [7, 11) is 1.87. The molecule has 2 aromatic heterocycles. The third-order valence-electron chi connectivity index (χ3n) is 6.79. The summed E-state index contributed by atoms with van der Waals surface area (Å²) in [5, 5.41) is 5.19. The maximum absolute atomic E-state index is 14.1. The zero-order valence-electron chi connectivity index (χ0n) is 19.6.